The zero-order valence-corrected chi connectivity index (χ0v) is 10.4. The first-order valence-corrected chi connectivity index (χ1v) is 4.23. The normalized spacial score (nSPS) is 7.15. The summed E-state index contributed by atoms with van der Waals surface area (Å²) >= 11 is 3.28. The van der Waals surface area contributed by atoms with Crippen molar-refractivity contribution in [2.24, 2.45) is 0 Å². The Kier molecular flexibility index (Phi) is 12.4. The van der Waals surface area contributed by atoms with Gasteiger partial charge in [-0.3, -0.25) is 0 Å². The minimum atomic E-state index is 0. The van der Waals surface area contributed by atoms with Gasteiger partial charge >= 0.3 is 17.1 Å². The Morgan fingerprint density at radius 1 is 1.00 bits per heavy atom. The van der Waals surface area contributed by atoms with Crippen molar-refractivity contribution in [3.8, 4) is 0 Å². The van der Waals surface area contributed by atoms with E-state index in [9.17, 15) is 0 Å². The first-order chi connectivity index (χ1) is 5.39. The van der Waals surface area contributed by atoms with Crippen molar-refractivity contribution in [1.29, 1.82) is 0 Å². The molecule has 2 aromatic rings. The van der Waals surface area contributed by atoms with E-state index in [0.29, 0.717) is 0 Å². The Morgan fingerprint density at radius 2 is 1.62 bits per heavy atom. The van der Waals surface area contributed by atoms with Crippen molar-refractivity contribution in [1.82, 2.24) is 0 Å². The average Bonchev–Trinajstić information content (AvgIpc) is 2.57. The fourth-order valence-electron chi connectivity index (χ4n) is 0.671. The van der Waals surface area contributed by atoms with Crippen molar-refractivity contribution >= 4 is 15.9 Å². The zero-order valence-electron chi connectivity index (χ0n) is 6.73. The van der Waals surface area contributed by atoms with Crippen LogP contribution in [0.1, 0.15) is 0 Å². The second-order valence-electron chi connectivity index (χ2n) is 2.07. The Balaban J connectivity index is 0. The average molecular weight is 328 g/mol. The van der Waals surface area contributed by atoms with Crippen LogP contribution in [0.3, 0.4) is 0 Å². The van der Waals surface area contributed by atoms with Gasteiger partial charge in [0.05, 0.1) is 0 Å². The van der Waals surface area contributed by atoms with E-state index < -0.39 is 0 Å². The third-order valence-electron chi connectivity index (χ3n) is 1.18. The Labute approximate surface area is 109 Å². The van der Waals surface area contributed by atoms with E-state index in [1.165, 1.54) is 0 Å². The van der Waals surface area contributed by atoms with E-state index >= 15 is 0 Å². The maximum absolute atomic E-state index is 3.28. The third kappa shape index (κ3) is 8.55. The molecule has 0 unspecified atom stereocenters. The molecule has 3 heteroatoms. The van der Waals surface area contributed by atoms with Crippen LogP contribution in [0.4, 0.5) is 0 Å². The topological polar surface area (TPSA) is 0 Å². The van der Waals surface area contributed by atoms with Gasteiger partial charge in [0.2, 0.25) is 0 Å². The minimum absolute atomic E-state index is 0. The van der Waals surface area contributed by atoms with Crippen molar-refractivity contribution in [3.05, 3.63) is 59.1 Å². The summed E-state index contributed by atoms with van der Waals surface area (Å²) in [5.74, 6) is 0. The fourth-order valence-corrected chi connectivity index (χ4v) is 0.976. The third-order valence-corrected chi connectivity index (χ3v) is 1.71. The molecule has 0 atom stereocenters. The molecule has 13 heavy (non-hydrogen) atoms. The van der Waals surface area contributed by atoms with Gasteiger partial charge in [0.1, 0.15) is 0 Å². The second kappa shape index (κ2) is 10.3. The SMILES string of the molecule is Brc1ccc[cH-]1.[Cu].[Fe+2].c1cc[cH-]c1. The van der Waals surface area contributed by atoms with Gasteiger partial charge in [0, 0.05) is 17.1 Å². The van der Waals surface area contributed by atoms with Crippen LogP contribution >= 0.6 is 15.9 Å². The van der Waals surface area contributed by atoms with Gasteiger partial charge in [0.25, 0.3) is 0 Å². The molecule has 75 valence electrons. The molecule has 0 aliphatic rings. The molecule has 0 spiro atoms. The maximum atomic E-state index is 3.28. The summed E-state index contributed by atoms with van der Waals surface area (Å²) in [6.07, 6.45) is 0. The molecule has 0 nitrogen and oxygen atoms in total. The Morgan fingerprint density at radius 3 is 1.77 bits per heavy atom. The van der Waals surface area contributed by atoms with Crippen LogP contribution in [0.25, 0.3) is 0 Å². The molecule has 0 N–H and O–H groups in total. The van der Waals surface area contributed by atoms with Crippen LogP contribution < -0.4 is 0 Å². The van der Waals surface area contributed by atoms with Gasteiger partial charge in [-0.05, 0) is 0 Å². The van der Waals surface area contributed by atoms with E-state index in [4.69, 9.17) is 0 Å². The van der Waals surface area contributed by atoms with Crippen molar-refractivity contribution < 1.29 is 34.1 Å². The minimum Gasteiger partial charge on any atom is -0.214 e. The summed E-state index contributed by atoms with van der Waals surface area (Å²) in [5, 5.41) is 0. The number of rotatable bonds is 0. The molecule has 2 rings (SSSR count). The molecule has 2 aromatic carbocycles. The summed E-state index contributed by atoms with van der Waals surface area (Å²) in [4.78, 5) is 0. The molecule has 0 aliphatic carbocycles. The summed E-state index contributed by atoms with van der Waals surface area (Å²) in [7, 11) is 0. The zero-order chi connectivity index (χ0) is 7.94. The molecular formula is C10H9BrCuFe. The van der Waals surface area contributed by atoms with E-state index in [1.54, 1.807) is 0 Å². The number of hydrogen-bond acceptors (Lipinski definition) is 0. The van der Waals surface area contributed by atoms with Gasteiger partial charge in [0.15, 0.2) is 0 Å². The van der Waals surface area contributed by atoms with Gasteiger partial charge in [-0.1, -0.05) is 15.9 Å². The molecular weight excluding hydrogens is 319 g/mol. The van der Waals surface area contributed by atoms with E-state index in [0.717, 1.165) is 4.47 Å². The molecule has 0 heterocycles. The van der Waals surface area contributed by atoms with Gasteiger partial charge in [-0.15, -0.1) is 4.47 Å². The van der Waals surface area contributed by atoms with E-state index in [2.05, 4.69) is 15.9 Å². The molecule has 0 amide bonds. The standard InChI is InChI=1S/C5H4Br.C5H5.Cu.Fe/c6-5-3-1-2-4-5;1-2-4-5-3-1;;/h1-4H;1-5H;;/q2*-1;;+2. The molecule has 0 fully saturated rings. The summed E-state index contributed by atoms with van der Waals surface area (Å²) in [6.45, 7) is 0. The molecule has 0 saturated heterocycles. The van der Waals surface area contributed by atoms with Gasteiger partial charge in [-0.2, -0.15) is 36.4 Å². The monoisotopic (exact) mass is 327 g/mol. The van der Waals surface area contributed by atoms with Crippen LogP contribution in [0, 0.1) is 0 Å². The van der Waals surface area contributed by atoms with Crippen LogP contribution in [-0.2, 0) is 34.1 Å². The Hall–Kier alpha value is 0.219. The van der Waals surface area contributed by atoms with Crippen molar-refractivity contribution in [3.63, 3.8) is 0 Å². The van der Waals surface area contributed by atoms with E-state index in [1.807, 2.05) is 54.6 Å². The van der Waals surface area contributed by atoms with Crippen molar-refractivity contribution in [2.75, 3.05) is 0 Å². The Bertz CT molecular complexity index is 233. The molecule has 0 bridgehead atoms. The molecule has 0 aromatic heterocycles. The van der Waals surface area contributed by atoms with Crippen LogP contribution in [0.5, 0.6) is 0 Å². The predicted octanol–water partition coefficient (Wildman–Crippen LogP) is 3.57. The smallest absolute Gasteiger partial charge is 0.214 e. The van der Waals surface area contributed by atoms with Crippen LogP contribution in [-0.4, -0.2) is 0 Å². The van der Waals surface area contributed by atoms with Crippen molar-refractivity contribution in [2.45, 2.75) is 0 Å². The van der Waals surface area contributed by atoms with Gasteiger partial charge < -0.3 is 0 Å². The number of halogens is 1. The first-order valence-electron chi connectivity index (χ1n) is 3.43. The number of hydrogen-bond donors (Lipinski definition) is 0. The molecule has 0 saturated carbocycles. The molecule has 0 aliphatic heterocycles. The molecule has 1 radical (unpaired) electrons. The maximum Gasteiger partial charge on any atom is 2.00 e. The van der Waals surface area contributed by atoms with E-state index in [-0.39, 0.29) is 34.1 Å². The van der Waals surface area contributed by atoms with Crippen LogP contribution in [0.15, 0.2) is 59.1 Å². The second-order valence-corrected chi connectivity index (χ2v) is 2.98. The first kappa shape index (κ1) is 15.7. The fraction of sp³-hybridized carbons (Fsp3) is 0. The van der Waals surface area contributed by atoms with Crippen LogP contribution in [0.2, 0.25) is 0 Å². The summed E-state index contributed by atoms with van der Waals surface area (Å²) in [6, 6.07) is 18.0. The predicted molar refractivity (Wildman–Crippen MR) is 51.8 cm³/mol. The van der Waals surface area contributed by atoms with Gasteiger partial charge in [-0.25, -0.2) is 18.2 Å². The summed E-state index contributed by atoms with van der Waals surface area (Å²) in [5.41, 5.74) is 0. The quantitative estimate of drug-likeness (QED) is 0.512. The largest absolute Gasteiger partial charge is 2.00 e. The summed E-state index contributed by atoms with van der Waals surface area (Å²) < 4.78 is 1.16.